The second-order valence-electron chi connectivity index (χ2n) is 15.9. The van der Waals surface area contributed by atoms with Crippen LogP contribution in [0.25, 0.3) is 0 Å². The minimum Gasteiger partial charge on any atom is -0.462 e. The van der Waals surface area contributed by atoms with E-state index in [-0.39, 0.29) is 50.4 Å². The number of rotatable bonds is 42. The van der Waals surface area contributed by atoms with Gasteiger partial charge in [-0.1, -0.05) is 229 Å². The van der Waals surface area contributed by atoms with E-state index in [1.165, 1.54) is 12.8 Å². The number of carbonyl (C=O) groups is 3. The van der Waals surface area contributed by atoms with Gasteiger partial charge in [-0.15, -0.1) is 0 Å². The van der Waals surface area contributed by atoms with E-state index in [0.29, 0.717) is 12.8 Å². The highest BCUT2D eigenvalue weighted by Gasteiger charge is 2.19. The Labute approximate surface area is 402 Å². The van der Waals surface area contributed by atoms with E-state index in [1.807, 2.05) is 109 Å². The lowest BCUT2D eigenvalue weighted by Gasteiger charge is -2.18. The maximum absolute atomic E-state index is 12.8. The van der Waals surface area contributed by atoms with Crippen LogP contribution in [0.4, 0.5) is 0 Å². The third kappa shape index (κ3) is 49.8. The molecule has 364 valence electrons. The lowest BCUT2D eigenvalue weighted by molar-refractivity contribution is -0.167. The summed E-state index contributed by atoms with van der Waals surface area (Å²) in [6.07, 6.45) is 77.5. The molecule has 66 heavy (non-hydrogen) atoms. The molecule has 0 spiro atoms. The van der Waals surface area contributed by atoms with E-state index in [0.717, 1.165) is 103 Å². The molecule has 0 aromatic heterocycles. The van der Waals surface area contributed by atoms with Crippen LogP contribution >= 0.6 is 0 Å². The van der Waals surface area contributed by atoms with Gasteiger partial charge in [0.1, 0.15) is 13.2 Å². The van der Waals surface area contributed by atoms with Crippen molar-refractivity contribution in [3.8, 4) is 0 Å². The predicted octanol–water partition coefficient (Wildman–Crippen LogP) is 16.8. The Morgan fingerprint density at radius 2 is 0.621 bits per heavy atom. The summed E-state index contributed by atoms with van der Waals surface area (Å²) in [4.78, 5) is 38.0. The second-order valence-corrected chi connectivity index (χ2v) is 15.9. The van der Waals surface area contributed by atoms with Crippen molar-refractivity contribution in [2.75, 3.05) is 13.2 Å². The van der Waals surface area contributed by atoms with Crippen LogP contribution in [0.5, 0.6) is 0 Å². The Hall–Kier alpha value is -5.23. The molecule has 1 unspecified atom stereocenters. The molecule has 0 aromatic carbocycles. The molecule has 0 saturated carbocycles. The van der Waals surface area contributed by atoms with Gasteiger partial charge in [0.2, 0.25) is 0 Å². The van der Waals surface area contributed by atoms with Crippen molar-refractivity contribution in [1.82, 2.24) is 0 Å². The van der Waals surface area contributed by atoms with Crippen LogP contribution < -0.4 is 0 Å². The third-order valence-corrected chi connectivity index (χ3v) is 9.74. The molecule has 0 rings (SSSR count). The highest BCUT2D eigenvalue weighted by Crippen LogP contribution is 2.12. The molecule has 0 aliphatic rings. The van der Waals surface area contributed by atoms with Crippen molar-refractivity contribution in [3.63, 3.8) is 0 Å². The van der Waals surface area contributed by atoms with E-state index in [9.17, 15) is 14.4 Å². The minimum atomic E-state index is -0.831. The summed E-state index contributed by atoms with van der Waals surface area (Å²) in [7, 11) is 0. The van der Waals surface area contributed by atoms with Crippen LogP contribution in [0.3, 0.4) is 0 Å². The van der Waals surface area contributed by atoms with Gasteiger partial charge >= 0.3 is 17.9 Å². The number of esters is 3. The SMILES string of the molecule is CC\C=C/C=C\C=C/C=C\C=C/CCCCCC(=O)OCC(COC(=O)CCCCC\C=C/C=C/C=C\C=C/C=C\C=C/CC)OC(=O)CCCCCCCC/C=C\C/C=C\C/C=C\CC. The molecular weight excluding hydrogens is 817 g/mol. The largest absolute Gasteiger partial charge is 0.462 e. The average Bonchev–Trinajstić information content (AvgIpc) is 3.31. The summed E-state index contributed by atoms with van der Waals surface area (Å²) in [5.41, 5.74) is 0. The first kappa shape index (κ1) is 60.8. The Kier molecular flexibility index (Phi) is 48.2. The van der Waals surface area contributed by atoms with Gasteiger partial charge in [0, 0.05) is 19.3 Å². The summed E-state index contributed by atoms with van der Waals surface area (Å²) in [5, 5.41) is 0. The summed E-state index contributed by atoms with van der Waals surface area (Å²) in [6, 6.07) is 0. The van der Waals surface area contributed by atoms with Crippen LogP contribution in [-0.4, -0.2) is 37.2 Å². The van der Waals surface area contributed by atoms with Crippen LogP contribution in [-0.2, 0) is 28.6 Å². The molecule has 1 atom stereocenters. The number of hydrogen-bond acceptors (Lipinski definition) is 6. The fraction of sp³-hybridized carbons (Fsp3) is 0.483. The molecule has 0 saturated heterocycles. The number of unbranched alkanes of at least 4 members (excludes halogenated alkanes) is 12. The molecule has 0 radical (unpaired) electrons. The molecule has 0 fully saturated rings. The molecule has 0 aliphatic carbocycles. The topological polar surface area (TPSA) is 78.9 Å². The lowest BCUT2D eigenvalue weighted by Crippen LogP contribution is -2.30. The van der Waals surface area contributed by atoms with Gasteiger partial charge in [-0.3, -0.25) is 14.4 Å². The number of carbonyl (C=O) groups excluding carboxylic acids is 3. The second kappa shape index (κ2) is 52.4. The Morgan fingerprint density at radius 3 is 1.05 bits per heavy atom. The highest BCUT2D eigenvalue weighted by molar-refractivity contribution is 5.71. The lowest BCUT2D eigenvalue weighted by atomic mass is 10.1. The normalized spacial score (nSPS) is 13.6. The van der Waals surface area contributed by atoms with Gasteiger partial charge in [0.05, 0.1) is 0 Å². The molecule has 6 heteroatoms. The predicted molar refractivity (Wildman–Crippen MR) is 283 cm³/mol. The van der Waals surface area contributed by atoms with Crippen molar-refractivity contribution in [2.45, 2.75) is 175 Å². The van der Waals surface area contributed by atoms with E-state index in [4.69, 9.17) is 14.2 Å². The van der Waals surface area contributed by atoms with Crippen molar-refractivity contribution in [3.05, 3.63) is 170 Å². The van der Waals surface area contributed by atoms with Crippen LogP contribution in [0.1, 0.15) is 168 Å². The standard InChI is InChI=1S/C60H88O6/c1-4-7-10-13-16-19-22-25-28-30-33-35-38-41-44-47-50-53-59(62)65-56-57(55-64-58(61)52-49-46-43-40-37-34-31-27-24-21-18-15-12-9-6-3)66-60(63)54-51-48-45-42-39-36-32-29-26-23-20-17-14-11-8-5-2/h7-13,15-22,24-31,33-35,37-38,57H,4-6,14,23,32,36,39-56H2,1-3H3/b10-7-,11-8-,12-9-,16-13-,18-15-,20-17-,22-19-,24-21-,28-25-,29-26-,31-27-,33-30+,37-34-,38-35-. The zero-order chi connectivity index (χ0) is 47.9. The third-order valence-electron chi connectivity index (χ3n) is 9.74. The number of hydrogen-bond donors (Lipinski definition) is 0. The van der Waals surface area contributed by atoms with Crippen molar-refractivity contribution >= 4 is 17.9 Å². The summed E-state index contributed by atoms with van der Waals surface area (Å²) in [5.74, 6) is -1.04. The maximum atomic E-state index is 12.8. The smallest absolute Gasteiger partial charge is 0.306 e. The molecule has 0 heterocycles. The zero-order valence-corrected chi connectivity index (χ0v) is 41.4. The van der Waals surface area contributed by atoms with E-state index in [2.05, 4.69) is 81.5 Å². The fourth-order valence-electron chi connectivity index (χ4n) is 6.04. The van der Waals surface area contributed by atoms with Gasteiger partial charge in [-0.25, -0.2) is 0 Å². The van der Waals surface area contributed by atoms with Crippen molar-refractivity contribution in [1.29, 1.82) is 0 Å². The first-order valence-electron chi connectivity index (χ1n) is 25.3. The molecule has 0 N–H and O–H groups in total. The van der Waals surface area contributed by atoms with Gasteiger partial charge < -0.3 is 14.2 Å². The fourth-order valence-corrected chi connectivity index (χ4v) is 6.04. The first-order valence-corrected chi connectivity index (χ1v) is 25.3. The van der Waals surface area contributed by atoms with E-state index < -0.39 is 6.10 Å². The van der Waals surface area contributed by atoms with Crippen LogP contribution in [0.2, 0.25) is 0 Å². The molecule has 0 aromatic rings. The van der Waals surface area contributed by atoms with E-state index in [1.54, 1.807) is 0 Å². The average molecular weight is 905 g/mol. The highest BCUT2D eigenvalue weighted by atomic mass is 16.6. The zero-order valence-electron chi connectivity index (χ0n) is 41.4. The Morgan fingerprint density at radius 1 is 0.318 bits per heavy atom. The maximum Gasteiger partial charge on any atom is 0.306 e. The van der Waals surface area contributed by atoms with Gasteiger partial charge in [0.25, 0.3) is 0 Å². The van der Waals surface area contributed by atoms with Crippen LogP contribution in [0, 0.1) is 0 Å². The number of allylic oxidation sites excluding steroid dienone is 28. The number of ether oxygens (including phenoxy) is 3. The van der Waals surface area contributed by atoms with Gasteiger partial charge in [-0.05, 0) is 89.9 Å². The van der Waals surface area contributed by atoms with Crippen LogP contribution in [0.15, 0.2) is 170 Å². The minimum absolute atomic E-state index is 0.130. The van der Waals surface area contributed by atoms with Crippen molar-refractivity contribution in [2.24, 2.45) is 0 Å². The Balaban J connectivity index is 4.63. The quantitative estimate of drug-likeness (QED) is 0.0200. The summed E-state index contributed by atoms with van der Waals surface area (Å²) < 4.78 is 16.7. The van der Waals surface area contributed by atoms with Crippen molar-refractivity contribution < 1.29 is 28.6 Å². The summed E-state index contributed by atoms with van der Waals surface area (Å²) in [6.45, 7) is 6.11. The monoisotopic (exact) mass is 905 g/mol. The van der Waals surface area contributed by atoms with Gasteiger partial charge in [0.15, 0.2) is 6.10 Å². The molecule has 0 bridgehead atoms. The molecule has 0 aliphatic heterocycles. The summed E-state index contributed by atoms with van der Waals surface area (Å²) >= 11 is 0. The molecular formula is C60H88O6. The molecule has 0 amide bonds. The first-order chi connectivity index (χ1) is 32.5. The molecule has 6 nitrogen and oxygen atoms in total. The van der Waals surface area contributed by atoms with E-state index >= 15 is 0 Å². The van der Waals surface area contributed by atoms with Gasteiger partial charge in [-0.2, -0.15) is 0 Å². The Bertz CT molecular complexity index is 1600.